The van der Waals surface area contributed by atoms with Crippen molar-refractivity contribution in [3.05, 3.63) is 24.3 Å². The SMILES string of the molecule is O=C(ON1CCC[C@@H]1OCC1CC1)c1cnccn1. The zero-order valence-electron chi connectivity index (χ0n) is 10.7. The summed E-state index contributed by atoms with van der Waals surface area (Å²) < 4.78 is 5.79. The second-order valence-electron chi connectivity index (χ2n) is 4.98. The van der Waals surface area contributed by atoms with Crippen LogP contribution < -0.4 is 0 Å². The fourth-order valence-corrected chi connectivity index (χ4v) is 2.07. The maximum Gasteiger partial charge on any atom is 0.377 e. The van der Waals surface area contributed by atoms with Crippen LogP contribution >= 0.6 is 0 Å². The average molecular weight is 263 g/mol. The number of hydrogen-bond acceptors (Lipinski definition) is 6. The Labute approximate surface area is 111 Å². The predicted molar refractivity (Wildman–Crippen MR) is 65.9 cm³/mol. The largest absolute Gasteiger partial charge is 0.377 e. The van der Waals surface area contributed by atoms with Crippen LogP contribution in [0.1, 0.15) is 36.2 Å². The van der Waals surface area contributed by atoms with Crippen LogP contribution in [0.2, 0.25) is 0 Å². The molecule has 1 aromatic heterocycles. The highest BCUT2D eigenvalue weighted by atomic mass is 16.7. The third-order valence-electron chi connectivity index (χ3n) is 3.34. The summed E-state index contributed by atoms with van der Waals surface area (Å²) in [5.41, 5.74) is 0.218. The molecule has 0 spiro atoms. The highest BCUT2D eigenvalue weighted by Gasteiger charge is 2.31. The lowest BCUT2D eigenvalue weighted by atomic mass is 10.3. The highest BCUT2D eigenvalue weighted by molar-refractivity contribution is 5.86. The molecule has 1 aliphatic heterocycles. The van der Waals surface area contributed by atoms with Gasteiger partial charge in [-0.3, -0.25) is 4.98 Å². The highest BCUT2D eigenvalue weighted by Crippen LogP contribution is 2.30. The van der Waals surface area contributed by atoms with Crippen LogP contribution in [0.15, 0.2) is 18.6 Å². The Bertz CT molecular complexity index is 436. The van der Waals surface area contributed by atoms with Crippen LogP contribution in [-0.4, -0.2) is 40.4 Å². The zero-order valence-corrected chi connectivity index (χ0v) is 10.7. The van der Waals surface area contributed by atoms with Crippen LogP contribution in [0.3, 0.4) is 0 Å². The summed E-state index contributed by atoms with van der Waals surface area (Å²) in [5.74, 6) is 0.230. The molecule has 0 amide bonds. The number of ether oxygens (including phenoxy) is 1. The summed E-state index contributed by atoms with van der Waals surface area (Å²) in [6, 6.07) is 0. The van der Waals surface area contributed by atoms with Crippen LogP contribution in [0.25, 0.3) is 0 Å². The van der Waals surface area contributed by atoms with Crippen molar-refractivity contribution < 1.29 is 14.4 Å². The number of aromatic nitrogens is 2. The van der Waals surface area contributed by atoms with Crippen molar-refractivity contribution in [2.45, 2.75) is 31.9 Å². The molecule has 0 bridgehead atoms. The molecule has 2 aliphatic rings. The van der Waals surface area contributed by atoms with Gasteiger partial charge in [-0.15, -0.1) is 5.06 Å². The molecule has 19 heavy (non-hydrogen) atoms. The zero-order chi connectivity index (χ0) is 13.1. The quantitative estimate of drug-likeness (QED) is 0.800. The van der Waals surface area contributed by atoms with Crippen molar-refractivity contribution in [1.29, 1.82) is 0 Å². The smallest absolute Gasteiger partial charge is 0.360 e. The van der Waals surface area contributed by atoms with Crippen LogP contribution in [0.5, 0.6) is 0 Å². The Hall–Kier alpha value is -1.53. The van der Waals surface area contributed by atoms with Crippen molar-refractivity contribution in [3.63, 3.8) is 0 Å². The van der Waals surface area contributed by atoms with E-state index in [1.54, 1.807) is 5.06 Å². The Kier molecular flexibility index (Phi) is 3.70. The standard InChI is InChI=1S/C13H17N3O3/c17-13(11-8-14-5-6-15-11)19-16-7-1-2-12(16)18-9-10-3-4-10/h5-6,8,10,12H,1-4,7,9H2/t12-/m0/s1. The van der Waals surface area contributed by atoms with Crippen LogP contribution in [0.4, 0.5) is 0 Å². The molecule has 2 heterocycles. The molecule has 6 heteroatoms. The van der Waals surface area contributed by atoms with E-state index in [9.17, 15) is 4.79 Å². The monoisotopic (exact) mass is 263 g/mol. The van der Waals surface area contributed by atoms with Gasteiger partial charge in [-0.2, -0.15) is 0 Å². The fourth-order valence-electron chi connectivity index (χ4n) is 2.07. The van der Waals surface area contributed by atoms with Crippen molar-refractivity contribution in [3.8, 4) is 0 Å². The van der Waals surface area contributed by atoms with E-state index >= 15 is 0 Å². The molecule has 102 valence electrons. The number of carbonyl (C=O) groups excluding carboxylic acids is 1. The molecular formula is C13H17N3O3. The van der Waals surface area contributed by atoms with Crippen molar-refractivity contribution in [1.82, 2.24) is 15.0 Å². The minimum atomic E-state index is -0.477. The van der Waals surface area contributed by atoms with Gasteiger partial charge in [0.05, 0.1) is 12.8 Å². The first-order valence-corrected chi connectivity index (χ1v) is 6.69. The van der Waals surface area contributed by atoms with Gasteiger partial charge in [-0.25, -0.2) is 9.78 Å². The van der Waals surface area contributed by atoms with Gasteiger partial charge in [0.2, 0.25) is 0 Å². The predicted octanol–water partition coefficient (Wildman–Crippen LogP) is 1.40. The molecule has 1 atom stereocenters. The van der Waals surface area contributed by atoms with Gasteiger partial charge in [-0.1, -0.05) is 0 Å². The first-order valence-electron chi connectivity index (χ1n) is 6.69. The Morgan fingerprint density at radius 2 is 2.26 bits per heavy atom. The van der Waals surface area contributed by atoms with E-state index < -0.39 is 5.97 Å². The number of rotatable bonds is 5. The second-order valence-corrected chi connectivity index (χ2v) is 4.98. The average Bonchev–Trinajstić information content (AvgIpc) is 3.18. The van der Waals surface area contributed by atoms with Gasteiger partial charge in [0.1, 0.15) is 6.23 Å². The third-order valence-corrected chi connectivity index (χ3v) is 3.34. The first kappa shape index (κ1) is 12.5. The minimum Gasteiger partial charge on any atom is -0.360 e. The van der Waals surface area contributed by atoms with Crippen LogP contribution in [-0.2, 0) is 9.57 Å². The topological polar surface area (TPSA) is 64.5 Å². The molecule has 6 nitrogen and oxygen atoms in total. The molecule has 1 aliphatic carbocycles. The van der Waals surface area contributed by atoms with E-state index in [1.165, 1.54) is 31.4 Å². The third kappa shape index (κ3) is 3.27. The molecule has 0 radical (unpaired) electrons. The maximum absolute atomic E-state index is 11.9. The lowest BCUT2D eigenvalue weighted by molar-refractivity contribution is -0.196. The normalized spacial score (nSPS) is 23.5. The molecule has 1 aromatic rings. The van der Waals surface area contributed by atoms with Crippen molar-refractivity contribution >= 4 is 5.97 Å². The summed E-state index contributed by atoms with van der Waals surface area (Å²) in [6.07, 6.45) is 8.68. The summed E-state index contributed by atoms with van der Waals surface area (Å²) in [5, 5.41) is 1.62. The Morgan fingerprint density at radius 1 is 1.37 bits per heavy atom. The minimum absolute atomic E-state index is 0.110. The van der Waals surface area contributed by atoms with E-state index in [0.717, 1.165) is 19.4 Å². The van der Waals surface area contributed by atoms with Crippen LogP contribution in [0, 0.1) is 5.92 Å². The second kappa shape index (κ2) is 5.63. The summed E-state index contributed by atoms with van der Waals surface area (Å²) in [4.78, 5) is 25.0. The molecule has 2 fully saturated rings. The van der Waals surface area contributed by atoms with E-state index in [2.05, 4.69) is 9.97 Å². The Balaban J connectivity index is 1.54. The summed E-state index contributed by atoms with van der Waals surface area (Å²) >= 11 is 0. The van der Waals surface area contributed by atoms with Gasteiger partial charge in [0.15, 0.2) is 5.69 Å². The fraction of sp³-hybridized carbons (Fsp3) is 0.615. The number of hydrogen-bond donors (Lipinski definition) is 0. The molecule has 0 unspecified atom stereocenters. The number of carbonyl (C=O) groups is 1. The number of hydroxylamine groups is 2. The Morgan fingerprint density at radius 3 is 3.00 bits per heavy atom. The van der Waals surface area contributed by atoms with E-state index in [-0.39, 0.29) is 11.9 Å². The van der Waals surface area contributed by atoms with Crippen molar-refractivity contribution in [2.24, 2.45) is 5.92 Å². The van der Waals surface area contributed by atoms with Gasteiger partial charge < -0.3 is 9.57 Å². The molecule has 0 aromatic carbocycles. The lowest BCUT2D eigenvalue weighted by Gasteiger charge is -2.22. The van der Waals surface area contributed by atoms with Crippen molar-refractivity contribution in [2.75, 3.05) is 13.2 Å². The van der Waals surface area contributed by atoms with E-state index in [4.69, 9.17) is 9.57 Å². The van der Waals surface area contributed by atoms with Gasteiger partial charge in [-0.05, 0) is 31.6 Å². The van der Waals surface area contributed by atoms with E-state index in [1.807, 2.05) is 0 Å². The van der Waals surface area contributed by atoms with Gasteiger partial charge in [0, 0.05) is 18.9 Å². The molecular weight excluding hydrogens is 246 g/mol. The molecule has 1 saturated heterocycles. The summed E-state index contributed by atoms with van der Waals surface area (Å²) in [6.45, 7) is 1.48. The maximum atomic E-state index is 11.9. The van der Waals surface area contributed by atoms with Gasteiger partial charge in [0.25, 0.3) is 0 Å². The molecule has 3 rings (SSSR count). The first-order chi connectivity index (χ1) is 9.33. The van der Waals surface area contributed by atoms with Gasteiger partial charge >= 0.3 is 5.97 Å². The van der Waals surface area contributed by atoms with E-state index in [0.29, 0.717) is 12.5 Å². The molecule has 1 saturated carbocycles. The molecule has 0 N–H and O–H groups in total. The number of nitrogens with zero attached hydrogens (tertiary/aromatic N) is 3. The summed E-state index contributed by atoms with van der Waals surface area (Å²) in [7, 11) is 0. The lowest BCUT2D eigenvalue weighted by Crippen LogP contribution is -2.34.